The molecule has 0 aliphatic carbocycles. The van der Waals surface area contributed by atoms with Crippen LogP contribution in [-0.2, 0) is 6.54 Å². The second-order valence-electron chi connectivity index (χ2n) is 4.69. The van der Waals surface area contributed by atoms with Crippen LogP contribution in [0.1, 0.15) is 5.69 Å². The van der Waals surface area contributed by atoms with Gasteiger partial charge in [0.1, 0.15) is 5.75 Å². The van der Waals surface area contributed by atoms with Gasteiger partial charge in [0.05, 0.1) is 30.6 Å². The molecule has 1 N–H and O–H groups in total. The van der Waals surface area contributed by atoms with Gasteiger partial charge in [0.25, 0.3) is 0 Å². The highest BCUT2D eigenvalue weighted by Gasteiger charge is 2.04. The van der Waals surface area contributed by atoms with Crippen LogP contribution in [0.15, 0.2) is 59.1 Å². The van der Waals surface area contributed by atoms with Gasteiger partial charge in [-0.15, -0.1) is 0 Å². The van der Waals surface area contributed by atoms with Crippen LogP contribution in [0.5, 0.6) is 5.75 Å². The van der Waals surface area contributed by atoms with Crippen molar-refractivity contribution in [1.82, 2.24) is 4.98 Å². The Morgan fingerprint density at radius 2 is 1.95 bits per heavy atom. The molecule has 3 aromatic rings. The Morgan fingerprint density at radius 3 is 2.81 bits per heavy atom. The molecule has 0 spiro atoms. The molecule has 0 aliphatic heterocycles. The number of hydrogen-bond acceptors (Lipinski definition) is 3. The van der Waals surface area contributed by atoms with Crippen LogP contribution in [0.2, 0.25) is 0 Å². The standard InChI is InChI=1S/C17H15BrN2O/c1-21-17-9-7-13(18)10-16(17)19-11-14-8-6-12-4-2-3-5-15(12)20-14/h2-10,19H,11H2,1H3. The number of para-hydroxylation sites is 1. The third-order valence-corrected chi connectivity index (χ3v) is 3.77. The number of aromatic nitrogens is 1. The number of rotatable bonds is 4. The number of pyridine rings is 1. The molecule has 106 valence electrons. The normalized spacial score (nSPS) is 10.6. The van der Waals surface area contributed by atoms with E-state index in [0.29, 0.717) is 6.54 Å². The third kappa shape index (κ3) is 3.16. The molecule has 3 nitrogen and oxygen atoms in total. The Labute approximate surface area is 132 Å². The summed E-state index contributed by atoms with van der Waals surface area (Å²) in [5.74, 6) is 0.819. The third-order valence-electron chi connectivity index (χ3n) is 3.28. The van der Waals surface area contributed by atoms with Crippen molar-refractivity contribution in [2.75, 3.05) is 12.4 Å². The van der Waals surface area contributed by atoms with E-state index in [1.165, 1.54) is 0 Å². The molecule has 0 atom stereocenters. The summed E-state index contributed by atoms with van der Waals surface area (Å²) in [6.07, 6.45) is 0. The maximum Gasteiger partial charge on any atom is 0.142 e. The number of ether oxygens (including phenoxy) is 1. The van der Waals surface area contributed by atoms with Crippen LogP contribution >= 0.6 is 15.9 Å². The summed E-state index contributed by atoms with van der Waals surface area (Å²) >= 11 is 3.47. The molecule has 3 rings (SSSR count). The molecule has 2 aromatic carbocycles. The monoisotopic (exact) mass is 342 g/mol. The molecule has 4 heteroatoms. The number of methoxy groups -OCH3 is 1. The maximum absolute atomic E-state index is 5.36. The lowest BCUT2D eigenvalue weighted by atomic mass is 10.2. The Kier molecular flexibility index (Phi) is 4.06. The van der Waals surface area contributed by atoms with Gasteiger partial charge in [0.2, 0.25) is 0 Å². The second-order valence-corrected chi connectivity index (χ2v) is 5.61. The molecule has 1 heterocycles. The maximum atomic E-state index is 5.36. The molecule has 0 saturated carbocycles. The van der Waals surface area contributed by atoms with E-state index >= 15 is 0 Å². The van der Waals surface area contributed by atoms with Crippen molar-refractivity contribution in [3.8, 4) is 5.75 Å². The topological polar surface area (TPSA) is 34.1 Å². The molecule has 0 amide bonds. The second kappa shape index (κ2) is 6.14. The minimum Gasteiger partial charge on any atom is -0.495 e. The van der Waals surface area contributed by atoms with E-state index in [1.807, 2.05) is 42.5 Å². The highest BCUT2D eigenvalue weighted by molar-refractivity contribution is 9.10. The van der Waals surface area contributed by atoms with Crippen molar-refractivity contribution in [2.24, 2.45) is 0 Å². The number of hydrogen-bond donors (Lipinski definition) is 1. The molecule has 0 saturated heterocycles. The van der Waals surface area contributed by atoms with Crippen molar-refractivity contribution in [1.29, 1.82) is 0 Å². The zero-order chi connectivity index (χ0) is 14.7. The highest BCUT2D eigenvalue weighted by Crippen LogP contribution is 2.28. The number of nitrogens with zero attached hydrogens (tertiary/aromatic N) is 1. The molecular weight excluding hydrogens is 328 g/mol. The number of nitrogens with one attached hydrogen (secondary N) is 1. The lowest BCUT2D eigenvalue weighted by molar-refractivity contribution is 0.416. The van der Waals surface area contributed by atoms with Gasteiger partial charge in [0, 0.05) is 9.86 Å². The first kappa shape index (κ1) is 13.9. The number of halogens is 1. The van der Waals surface area contributed by atoms with Crippen LogP contribution in [0, 0.1) is 0 Å². The fourth-order valence-electron chi connectivity index (χ4n) is 2.21. The smallest absolute Gasteiger partial charge is 0.142 e. The number of benzene rings is 2. The summed E-state index contributed by atoms with van der Waals surface area (Å²) in [6, 6.07) is 18.1. The van der Waals surface area contributed by atoms with Gasteiger partial charge in [-0.25, -0.2) is 0 Å². The minimum absolute atomic E-state index is 0.650. The van der Waals surface area contributed by atoms with Crippen LogP contribution < -0.4 is 10.1 Å². The van der Waals surface area contributed by atoms with E-state index in [2.05, 4.69) is 38.4 Å². The fraction of sp³-hybridized carbons (Fsp3) is 0.118. The summed E-state index contributed by atoms with van der Waals surface area (Å²) in [6.45, 7) is 0.650. The summed E-state index contributed by atoms with van der Waals surface area (Å²) in [7, 11) is 1.67. The van der Waals surface area contributed by atoms with E-state index in [-0.39, 0.29) is 0 Å². The van der Waals surface area contributed by atoms with Crippen LogP contribution in [0.3, 0.4) is 0 Å². The van der Waals surface area contributed by atoms with Crippen molar-refractivity contribution >= 4 is 32.5 Å². The molecular formula is C17H15BrN2O. The van der Waals surface area contributed by atoms with Crippen molar-refractivity contribution in [3.63, 3.8) is 0 Å². The summed E-state index contributed by atoms with van der Waals surface area (Å²) in [5, 5.41) is 4.52. The Bertz CT molecular complexity index is 774. The predicted molar refractivity (Wildman–Crippen MR) is 89.8 cm³/mol. The Hall–Kier alpha value is -2.07. The van der Waals surface area contributed by atoms with E-state index in [4.69, 9.17) is 4.74 Å². The van der Waals surface area contributed by atoms with Gasteiger partial charge in [-0.05, 0) is 30.3 Å². The van der Waals surface area contributed by atoms with E-state index < -0.39 is 0 Å². The first-order valence-corrected chi connectivity index (χ1v) is 7.47. The van der Waals surface area contributed by atoms with Gasteiger partial charge in [-0.2, -0.15) is 0 Å². The molecule has 21 heavy (non-hydrogen) atoms. The average molecular weight is 343 g/mol. The number of fused-ring (bicyclic) bond motifs is 1. The Morgan fingerprint density at radius 1 is 1.10 bits per heavy atom. The van der Waals surface area contributed by atoms with Gasteiger partial charge in [-0.1, -0.05) is 40.2 Å². The largest absolute Gasteiger partial charge is 0.495 e. The first-order valence-electron chi connectivity index (χ1n) is 6.68. The SMILES string of the molecule is COc1ccc(Br)cc1NCc1ccc2ccccc2n1. The van der Waals surface area contributed by atoms with Gasteiger partial charge in [0.15, 0.2) is 0 Å². The van der Waals surface area contributed by atoms with Crippen molar-refractivity contribution < 1.29 is 4.74 Å². The zero-order valence-corrected chi connectivity index (χ0v) is 13.2. The molecule has 0 aliphatic rings. The predicted octanol–water partition coefficient (Wildman–Crippen LogP) is 4.62. The lowest BCUT2D eigenvalue weighted by Crippen LogP contribution is -2.03. The molecule has 0 bridgehead atoms. The Balaban J connectivity index is 1.81. The van der Waals surface area contributed by atoms with Crippen molar-refractivity contribution in [2.45, 2.75) is 6.54 Å². The van der Waals surface area contributed by atoms with Crippen LogP contribution in [-0.4, -0.2) is 12.1 Å². The van der Waals surface area contributed by atoms with Crippen LogP contribution in [0.4, 0.5) is 5.69 Å². The molecule has 0 radical (unpaired) electrons. The van der Waals surface area contributed by atoms with Gasteiger partial charge >= 0.3 is 0 Å². The summed E-state index contributed by atoms with van der Waals surface area (Å²) in [4.78, 5) is 4.65. The van der Waals surface area contributed by atoms with Crippen molar-refractivity contribution in [3.05, 3.63) is 64.8 Å². The minimum atomic E-state index is 0.650. The van der Waals surface area contributed by atoms with E-state index in [9.17, 15) is 0 Å². The van der Waals surface area contributed by atoms with E-state index in [1.54, 1.807) is 7.11 Å². The summed E-state index contributed by atoms with van der Waals surface area (Å²) < 4.78 is 6.37. The number of anilines is 1. The van der Waals surface area contributed by atoms with E-state index in [0.717, 1.165) is 32.5 Å². The molecule has 0 unspecified atom stereocenters. The van der Waals surface area contributed by atoms with Crippen LogP contribution in [0.25, 0.3) is 10.9 Å². The fourth-order valence-corrected chi connectivity index (χ4v) is 2.57. The molecule has 0 fully saturated rings. The highest BCUT2D eigenvalue weighted by atomic mass is 79.9. The average Bonchev–Trinajstić information content (AvgIpc) is 2.53. The summed E-state index contributed by atoms with van der Waals surface area (Å²) in [5.41, 5.74) is 2.95. The molecule has 1 aromatic heterocycles. The zero-order valence-electron chi connectivity index (χ0n) is 11.6. The van der Waals surface area contributed by atoms with Gasteiger partial charge < -0.3 is 10.1 Å². The quantitative estimate of drug-likeness (QED) is 0.751. The lowest BCUT2D eigenvalue weighted by Gasteiger charge is -2.11. The first-order chi connectivity index (χ1) is 10.3. The van der Waals surface area contributed by atoms with Gasteiger partial charge in [-0.3, -0.25) is 4.98 Å².